The van der Waals surface area contributed by atoms with Crippen LogP contribution in [0.2, 0.25) is 0 Å². The third kappa shape index (κ3) is 3.72. The zero-order valence-electron chi connectivity index (χ0n) is 14.5. The summed E-state index contributed by atoms with van der Waals surface area (Å²) >= 11 is 0. The third-order valence-electron chi connectivity index (χ3n) is 4.11. The van der Waals surface area contributed by atoms with Crippen molar-refractivity contribution in [3.05, 3.63) is 77.6 Å². The Hall–Kier alpha value is -3.21. The van der Waals surface area contributed by atoms with E-state index in [-0.39, 0.29) is 5.56 Å². The van der Waals surface area contributed by atoms with E-state index in [2.05, 4.69) is 5.32 Å². The van der Waals surface area contributed by atoms with Gasteiger partial charge in [-0.2, -0.15) is 0 Å². The molecule has 3 aromatic rings. The van der Waals surface area contributed by atoms with Gasteiger partial charge in [0.15, 0.2) is 6.10 Å². The number of benzene rings is 3. The number of carbonyl (C=O) groups is 2. The lowest BCUT2D eigenvalue weighted by molar-refractivity contribution is -0.123. The lowest BCUT2D eigenvalue weighted by atomic mass is 10.1. The predicted octanol–water partition coefficient (Wildman–Crippen LogP) is 4.47. The number of anilines is 1. The summed E-state index contributed by atoms with van der Waals surface area (Å²) in [6, 6.07) is 17.3. The molecule has 1 atom stereocenters. The van der Waals surface area contributed by atoms with Crippen LogP contribution in [0.15, 0.2) is 60.7 Å². The van der Waals surface area contributed by atoms with Gasteiger partial charge in [0.1, 0.15) is 5.82 Å². The summed E-state index contributed by atoms with van der Waals surface area (Å²) in [7, 11) is 0. The van der Waals surface area contributed by atoms with Crippen molar-refractivity contribution in [2.24, 2.45) is 0 Å². The van der Waals surface area contributed by atoms with Crippen molar-refractivity contribution in [1.82, 2.24) is 0 Å². The molecule has 0 saturated carbocycles. The van der Waals surface area contributed by atoms with Crippen molar-refractivity contribution in [3.63, 3.8) is 0 Å². The summed E-state index contributed by atoms with van der Waals surface area (Å²) in [6.07, 6.45) is -1.02. The fourth-order valence-electron chi connectivity index (χ4n) is 2.57. The second-order valence-corrected chi connectivity index (χ2v) is 6.03. The first kappa shape index (κ1) is 17.6. The summed E-state index contributed by atoms with van der Waals surface area (Å²) < 4.78 is 18.7. The third-order valence-corrected chi connectivity index (χ3v) is 4.11. The standard InChI is InChI=1S/C21H18FNO3/c1-13-10-11-16(12-18(13)22)21(25)26-14(2)20(24)23-19-9-5-7-15-6-3-4-8-17(15)19/h3-12,14H,1-2H3,(H,23,24)/t14-/m1/s1. The molecule has 1 N–H and O–H groups in total. The van der Waals surface area contributed by atoms with Gasteiger partial charge in [-0.25, -0.2) is 9.18 Å². The Kier molecular flexibility index (Phi) is 4.98. The molecule has 0 aromatic heterocycles. The van der Waals surface area contributed by atoms with Crippen LogP contribution in [0, 0.1) is 12.7 Å². The van der Waals surface area contributed by atoms with Crippen LogP contribution in [0.5, 0.6) is 0 Å². The average Bonchev–Trinajstić information content (AvgIpc) is 2.64. The van der Waals surface area contributed by atoms with E-state index in [1.807, 2.05) is 36.4 Å². The van der Waals surface area contributed by atoms with Crippen molar-refractivity contribution < 1.29 is 18.7 Å². The Morgan fingerprint density at radius 1 is 1.04 bits per heavy atom. The second kappa shape index (κ2) is 7.35. The van der Waals surface area contributed by atoms with Crippen molar-refractivity contribution in [2.45, 2.75) is 20.0 Å². The average molecular weight is 351 g/mol. The maximum Gasteiger partial charge on any atom is 0.339 e. The zero-order valence-corrected chi connectivity index (χ0v) is 14.5. The maximum atomic E-state index is 13.6. The zero-order chi connectivity index (χ0) is 18.7. The van der Waals surface area contributed by atoms with Crippen molar-refractivity contribution in [2.75, 3.05) is 5.32 Å². The monoisotopic (exact) mass is 351 g/mol. The number of carbonyl (C=O) groups excluding carboxylic acids is 2. The first-order valence-electron chi connectivity index (χ1n) is 8.21. The van der Waals surface area contributed by atoms with Gasteiger partial charge in [0.05, 0.1) is 5.56 Å². The number of fused-ring (bicyclic) bond motifs is 1. The second-order valence-electron chi connectivity index (χ2n) is 6.03. The smallest absolute Gasteiger partial charge is 0.339 e. The Morgan fingerprint density at radius 3 is 2.54 bits per heavy atom. The van der Waals surface area contributed by atoms with Gasteiger partial charge in [-0.05, 0) is 43.0 Å². The van der Waals surface area contributed by atoms with Crippen LogP contribution in [0.25, 0.3) is 10.8 Å². The van der Waals surface area contributed by atoms with Gasteiger partial charge in [0.2, 0.25) is 0 Å². The molecule has 132 valence electrons. The molecule has 0 spiro atoms. The van der Waals surface area contributed by atoms with Gasteiger partial charge in [-0.15, -0.1) is 0 Å². The van der Waals surface area contributed by atoms with Gasteiger partial charge in [0.25, 0.3) is 5.91 Å². The number of amides is 1. The van der Waals surface area contributed by atoms with Crippen molar-refractivity contribution >= 4 is 28.3 Å². The van der Waals surface area contributed by atoms with Gasteiger partial charge in [0, 0.05) is 11.1 Å². The Bertz CT molecular complexity index is 979. The van der Waals surface area contributed by atoms with E-state index in [1.165, 1.54) is 19.1 Å². The molecule has 0 fully saturated rings. The van der Waals surface area contributed by atoms with Crippen molar-refractivity contribution in [3.8, 4) is 0 Å². The highest BCUT2D eigenvalue weighted by molar-refractivity contribution is 6.04. The maximum absolute atomic E-state index is 13.6. The Balaban J connectivity index is 1.71. The molecule has 3 rings (SSSR count). The van der Waals surface area contributed by atoms with E-state index in [1.54, 1.807) is 13.0 Å². The molecule has 0 aliphatic heterocycles. The summed E-state index contributed by atoms with van der Waals surface area (Å²) in [5.41, 5.74) is 1.14. The minimum atomic E-state index is -1.02. The molecular formula is C21H18FNO3. The van der Waals surface area contributed by atoms with Crippen molar-refractivity contribution in [1.29, 1.82) is 0 Å². The van der Waals surface area contributed by atoms with Crippen LogP contribution in [0.1, 0.15) is 22.8 Å². The number of hydrogen-bond acceptors (Lipinski definition) is 3. The number of rotatable bonds is 4. The molecule has 4 nitrogen and oxygen atoms in total. The number of aryl methyl sites for hydroxylation is 1. The quantitative estimate of drug-likeness (QED) is 0.706. The molecule has 0 aliphatic carbocycles. The van der Waals surface area contributed by atoms with Gasteiger partial charge in [-0.1, -0.05) is 42.5 Å². The molecule has 0 heterocycles. The van der Waals surface area contributed by atoms with E-state index in [4.69, 9.17) is 4.74 Å². The van der Waals surface area contributed by atoms with E-state index < -0.39 is 23.8 Å². The first-order chi connectivity index (χ1) is 12.5. The number of hydrogen-bond donors (Lipinski definition) is 1. The van der Waals surface area contributed by atoms with E-state index >= 15 is 0 Å². The SMILES string of the molecule is Cc1ccc(C(=O)O[C@H](C)C(=O)Nc2cccc3ccccc23)cc1F. The highest BCUT2D eigenvalue weighted by atomic mass is 19.1. The normalized spacial score (nSPS) is 11.8. The Morgan fingerprint density at radius 2 is 1.77 bits per heavy atom. The molecule has 0 aliphatic rings. The molecule has 0 bridgehead atoms. The van der Waals surface area contributed by atoms with E-state index in [0.717, 1.165) is 16.8 Å². The molecule has 0 saturated heterocycles. The lowest BCUT2D eigenvalue weighted by Gasteiger charge is -2.15. The number of esters is 1. The van der Waals surface area contributed by atoms with Crippen LogP contribution in [-0.2, 0) is 9.53 Å². The first-order valence-corrected chi connectivity index (χ1v) is 8.21. The summed E-state index contributed by atoms with van der Waals surface area (Å²) in [5.74, 6) is -1.70. The highest BCUT2D eigenvalue weighted by Crippen LogP contribution is 2.23. The fourth-order valence-corrected chi connectivity index (χ4v) is 2.57. The van der Waals surface area contributed by atoms with Gasteiger partial charge in [-0.3, -0.25) is 4.79 Å². The molecule has 3 aromatic carbocycles. The molecule has 1 amide bonds. The molecular weight excluding hydrogens is 333 g/mol. The van der Waals surface area contributed by atoms with E-state index in [9.17, 15) is 14.0 Å². The number of ether oxygens (including phenoxy) is 1. The highest BCUT2D eigenvalue weighted by Gasteiger charge is 2.20. The van der Waals surface area contributed by atoms with Crippen LogP contribution in [0.3, 0.4) is 0 Å². The Labute approximate surface area is 150 Å². The molecule has 26 heavy (non-hydrogen) atoms. The number of halogens is 1. The van der Waals surface area contributed by atoms with Crippen LogP contribution in [0.4, 0.5) is 10.1 Å². The topological polar surface area (TPSA) is 55.4 Å². The summed E-state index contributed by atoms with van der Waals surface area (Å²) in [5, 5.41) is 4.65. The summed E-state index contributed by atoms with van der Waals surface area (Å²) in [4.78, 5) is 24.5. The molecule has 5 heteroatoms. The largest absolute Gasteiger partial charge is 0.449 e. The molecule has 0 radical (unpaired) electrons. The van der Waals surface area contributed by atoms with Crippen LogP contribution < -0.4 is 5.32 Å². The predicted molar refractivity (Wildman–Crippen MR) is 98.6 cm³/mol. The molecule has 0 unspecified atom stereocenters. The van der Waals surface area contributed by atoms with Gasteiger partial charge >= 0.3 is 5.97 Å². The van der Waals surface area contributed by atoms with Gasteiger partial charge < -0.3 is 10.1 Å². The lowest BCUT2D eigenvalue weighted by Crippen LogP contribution is -2.30. The van der Waals surface area contributed by atoms with Crippen LogP contribution in [-0.4, -0.2) is 18.0 Å². The number of nitrogens with one attached hydrogen (secondary N) is 1. The van der Waals surface area contributed by atoms with Crippen LogP contribution >= 0.6 is 0 Å². The minimum absolute atomic E-state index is 0.0675. The van der Waals surface area contributed by atoms with E-state index in [0.29, 0.717) is 11.3 Å². The summed E-state index contributed by atoms with van der Waals surface area (Å²) in [6.45, 7) is 3.08. The minimum Gasteiger partial charge on any atom is -0.449 e. The fraction of sp³-hybridized carbons (Fsp3) is 0.143.